The van der Waals surface area contributed by atoms with Gasteiger partial charge in [-0.25, -0.2) is 0 Å². The van der Waals surface area contributed by atoms with Crippen LogP contribution in [0, 0.1) is 28.6 Å². The summed E-state index contributed by atoms with van der Waals surface area (Å²) < 4.78 is 31.9. The van der Waals surface area contributed by atoms with Crippen molar-refractivity contribution in [2.75, 3.05) is 7.11 Å². The van der Waals surface area contributed by atoms with Crippen molar-refractivity contribution in [1.82, 2.24) is 0 Å². The lowest BCUT2D eigenvalue weighted by molar-refractivity contribution is -0.264. The fourth-order valence-corrected chi connectivity index (χ4v) is 5.03. The van der Waals surface area contributed by atoms with Gasteiger partial charge in [-0.15, -0.1) is 0 Å². The Labute approximate surface area is 145 Å². The van der Waals surface area contributed by atoms with Gasteiger partial charge < -0.3 is 4.74 Å². The zero-order chi connectivity index (χ0) is 18.2. The Balaban J connectivity index is 2.03. The summed E-state index contributed by atoms with van der Waals surface area (Å²) in [4.78, 5) is 11.6. The standard InChI is InChI=1S/C20H34F2O2/c1-18(2,19(3,4)15-10-12-17(23)13-11-15)14-6-8-16(9-7-14)20(21,22)24-5/h14-16H,6-13H2,1-5H3. The predicted molar refractivity (Wildman–Crippen MR) is 91.9 cm³/mol. The van der Waals surface area contributed by atoms with E-state index in [0.29, 0.717) is 43.3 Å². The minimum Gasteiger partial charge on any atom is -0.324 e. The van der Waals surface area contributed by atoms with Crippen LogP contribution in [0.25, 0.3) is 0 Å². The number of rotatable bonds is 5. The van der Waals surface area contributed by atoms with Gasteiger partial charge in [0.25, 0.3) is 0 Å². The smallest absolute Gasteiger partial charge is 0.324 e. The third kappa shape index (κ3) is 3.68. The van der Waals surface area contributed by atoms with Crippen molar-refractivity contribution in [2.24, 2.45) is 28.6 Å². The van der Waals surface area contributed by atoms with Crippen LogP contribution in [0.3, 0.4) is 0 Å². The molecular weight excluding hydrogens is 310 g/mol. The van der Waals surface area contributed by atoms with Gasteiger partial charge in [0.15, 0.2) is 0 Å². The van der Waals surface area contributed by atoms with Gasteiger partial charge in [-0.3, -0.25) is 4.79 Å². The molecule has 0 aliphatic heterocycles. The Kier molecular flexibility index (Phi) is 5.79. The van der Waals surface area contributed by atoms with Crippen molar-refractivity contribution < 1.29 is 18.3 Å². The highest BCUT2D eigenvalue weighted by Crippen LogP contribution is 2.57. The second-order valence-electron chi connectivity index (χ2n) is 9.07. The van der Waals surface area contributed by atoms with E-state index in [0.717, 1.165) is 32.8 Å². The highest BCUT2D eigenvalue weighted by molar-refractivity contribution is 5.79. The summed E-state index contributed by atoms with van der Waals surface area (Å²) >= 11 is 0. The molecule has 0 saturated heterocycles. The van der Waals surface area contributed by atoms with E-state index in [-0.39, 0.29) is 10.8 Å². The first-order valence-corrected chi connectivity index (χ1v) is 9.47. The predicted octanol–water partition coefficient (Wildman–Crippen LogP) is 5.84. The van der Waals surface area contributed by atoms with Gasteiger partial charge in [-0.05, 0) is 61.2 Å². The van der Waals surface area contributed by atoms with Crippen LogP contribution in [0.4, 0.5) is 8.78 Å². The quantitative estimate of drug-likeness (QED) is 0.626. The monoisotopic (exact) mass is 344 g/mol. The number of halogens is 2. The molecule has 0 N–H and O–H groups in total. The van der Waals surface area contributed by atoms with E-state index in [4.69, 9.17) is 0 Å². The second-order valence-corrected chi connectivity index (χ2v) is 9.07. The third-order valence-corrected chi connectivity index (χ3v) is 7.72. The van der Waals surface area contributed by atoms with Crippen LogP contribution < -0.4 is 0 Å². The molecule has 24 heavy (non-hydrogen) atoms. The van der Waals surface area contributed by atoms with Gasteiger partial charge >= 0.3 is 6.11 Å². The van der Waals surface area contributed by atoms with Crippen molar-refractivity contribution in [3.63, 3.8) is 0 Å². The van der Waals surface area contributed by atoms with Gasteiger partial charge in [0, 0.05) is 20.0 Å². The molecule has 0 radical (unpaired) electrons. The molecule has 0 aromatic rings. The number of alkyl halides is 2. The van der Waals surface area contributed by atoms with E-state index in [2.05, 4.69) is 32.4 Å². The summed E-state index contributed by atoms with van der Waals surface area (Å²) in [6.45, 7) is 9.26. The maximum atomic E-state index is 13.8. The topological polar surface area (TPSA) is 26.3 Å². The second kappa shape index (κ2) is 7.01. The molecule has 0 heterocycles. The maximum absolute atomic E-state index is 13.8. The molecule has 0 unspecified atom stereocenters. The highest BCUT2D eigenvalue weighted by atomic mass is 19.3. The normalized spacial score (nSPS) is 28.2. The lowest BCUT2D eigenvalue weighted by Gasteiger charge is -2.54. The van der Waals surface area contributed by atoms with Crippen LogP contribution in [-0.2, 0) is 9.53 Å². The maximum Gasteiger partial charge on any atom is 0.358 e. The number of ketones is 1. The van der Waals surface area contributed by atoms with Crippen LogP contribution in [0.2, 0.25) is 0 Å². The first-order valence-electron chi connectivity index (χ1n) is 9.47. The Morgan fingerprint density at radius 2 is 1.17 bits per heavy atom. The summed E-state index contributed by atoms with van der Waals surface area (Å²) in [5.41, 5.74) is 0.181. The number of hydrogen-bond donors (Lipinski definition) is 0. The van der Waals surface area contributed by atoms with Crippen LogP contribution >= 0.6 is 0 Å². The lowest BCUT2D eigenvalue weighted by Crippen LogP contribution is -2.47. The Bertz CT molecular complexity index is 439. The third-order valence-electron chi connectivity index (χ3n) is 7.72. The molecular formula is C20H34F2O2. The zero-order valence-corrected chi connectivity index (χ0v) is 16.0. The molecule has 2 rings (SSSR count). The van der Waals surface area contributed by atoms with E-state index in [9.17, 15) is 13.6 Å². The number of carbonyl (C=O) groups excluding carboxylic acids is 1. The largest absolute Gasteiger partial charge is 0.358 e. The highest BCUT2D eigenvalue weighted by Gasteiger charge is 2.50. The first kappa shape index (κ1) is 19.8. The first-order chi connectivity index (χ1) is 11.0. The SMILES string of the molecule is COC(F)(F)C1CCC(C(C)(C)C(C)(C)C2CCC(=O)CC2)CC1. The number of carbonyl (C=O) groups is 1. The number of hydrogen-bond acceptors (Lipinski definition) is 2. The van der Waals surface area contributed by atoms with E-state index in [1.165, 1.54) is 0 Å². The molecule has 0 atom stereocenters. The Morgan fingerprint density at radius 3 is 1.58 bits per heavy atom. The molecule has 2 fully saturated rings. The molecule has 0 aromatic heterocycles. The van der Waals surface area contributed by atoms with Crippen LogP contribution in [-0.4, -0.2) is 19.0 Å². The van der Waals surface area contributed by atoms with Crippen LogP contribution in [0.1, 0.15) is 79.1 Å². The number of ether oxygens (including phenoxy) is 1. The number of Topliss-reactive ketones (excluding diaryl/α,β-unsaturated/α-hetero) is 1. The van der Waals surface area contributed by atoms with E-state index < -0.39 is 12.0 Å². The van der Waals surface area contributed by atoms with Crippen LogP contribution in [0.15, 0.2) is 0 Å². The summed E-state index contributed by atoms with van der Waals surface area (Å²) in [6.07, 6.45) is 3.13. The molecule has 2 nitrogen and oxygen atoms in total. The molecule has 2 aliphatic carbocycles. The molecule has 0 aromatic carbocycles. The average molecular weight is 344 g/mol. The molecule has 0 amide bonds. The van der Waals surface area contributed by atoms with E-state index in [1.807, 2.05) is 0 Å². The molecule has 2 saturated carbocycles. The summed E-state index contributed by atoms with van der Waals surface area (Å²) in [5, 5.41) is 0. The summed E-state index contributed by atoms with van der Waals surface area (Å²) in [6, 6.07) is 0. The molecule has 0 bridgehead atoms. The van der Waals surface area contributed by atoms with Crippen molar-refractivity contribution in [2.45, 2.75) is 85.2 Å². The fraction of sp³-hybridized carbons (Fsp3) is 0.950. The van der Waals surface area contributed by atoms with Gasteiger partial charge in [-0.1, -0.05) is 27.7 Å². The molecule has 2 aliphatic rings. The van der Waals surface area contributed by atoms with Gasteiger partial charge in [0.1, 0.15) is 5.78 Å². The molecule has 140 valence electrons. The minimum atomic E-state index is -2.99. The fourth-order valence-electron chi connectivity index (χ4n) is 5.03. The lowest BCUT2D eigenvalue weighted by atomic mass is 9.51. The Morgan fingerprint density at radius 1 is 0.792 bits per heavy atom. The molecule has 4 heteroatoms. The number of methoxy groups -OCH3 is 1. The van der Waals surface area contributed by atoms with Gasteiger partial charge in [0.2, 0.25) is 0 Å². The minimum absolute atomic E-state index is 0.0748. The zero-order valence-electron chi connectivity index (χ0n) is 16.0. The molecule has 0 spiro atoms. The van der Waals surface area contributed by atoms with E-state index in [1.54, 1.807) is 0 Å². The van der Waals surface area contributed by atoms with Crippen molar-refractivity contribution in [3.8, 4) is 0 Å². The van der Waals surface area contributed by atoms with Crippen molar-refractivity contribution >= 4 is 5.78 Å². The average Bonchev–Trinajstić information content (AvgIpc) is 2.55. The summed E-state index contributed by atoms with van der Waals surface area (Å²) in [7, 11) is 1.10. The van der Waals surface area contributed by atoms with Crippen LogP contribution in [0.5, 0.6) is 0 Å². The summed E-state index contributed by atoms with van der Waals surface area (Å²) in [5.74, 6) is 0.740. The van der Waals surface area contributed by atoms with Crippen molar-refractivity contribution in [3.05, 3.63) is 0 Å². The van der Waals surface area contributed by atoms with E-state index >= 15 is 0 Å². The van der Waals surface area contributed by atoms with Gasteiger partial charge in [0.05, 0.1) is 5.92 Å². The Hall–Kier alpha value is -0.510. The van der Waals surface area contributed by atoms with Gasteiger partial charge in [-0.2, -0.15) is 8.78 Å². The van der Waals surface area contributed by atoms with Crippen molar-refractivity contribution in [1.29, 1.82) is 0 Å².